The van der Waals surface area contributed by atoms with E-state index >= 15 is 0 Å². The van der Waals surface area contributed by atoms with E-state index in [2.05, 4.69) is 44.2 Å². The van der Waals surface area contributed by atoms with Crippen molar-refractivity contribution in [2.75, 3.05) is 19.3 Å². The lowest BCUT2D eigenvalue weighted by Crippen LogP contribution is -2.38. The van der Waals surface area contributed by atoms with Gasteiger partial charge in [0.2, 0.25) is 0 Å². The fourth-order valence-electron chi connectivity index (χ4n) is 2.79. The predicted octanol–water partition coefficient (Wildman–Crippen LogP) is 4.10. The zero-order valence-electron chi connectivity index (χ0n) is 17.6. The van der Waals surface area contributed by atoms with E-state index in [0.717, 1.165) is 43.5 Å². The smallest absolute Gasteiger partial charge is 0.191 e. The van der Waals surface area contributed by atoms with Gasteiger partial charge in [-0.3, -0.25) is 0 Å². The van der Waals surface area contributed by atoms with Crippen LogP contribution in [0.1, 0.15) is 38.6 Å². The molecule has 0 amide bonds. The standard InChI is InChI=1S/C20H31FN6S.HI/c1-5-22-19(24-13-16-9-6-7-10-17(16)21)23-12-8-11-18-25-26-20(28-4)27(18)14-15(2)3;/h6-7,9-10,15H,5,8,11-14H2,1-4H3,(H2,22,23,24);1H. The first-order valence-corrected chi connectivity index (χ1v) is 11.0. The number of nitrogens with one attached hydrogen (secondary N) is 2. The number of nitrogens with zero attached hydrogens (tertiary/aromatic N) is 4. The van der Waals surface area contributed by atoms with Crippen LogP contribution in [0, 0.1) is 11.7 Å². The van der Waals surface area contributed by atoms with Crippen LogP contribution in [0.15, 0.2) is 34.4 Å². The van der Waals surface area contributed by atoms with Crippen LogP contribution in [0.5, 0.6) is 0 Å². The van der Waals surface area contributed by atoms with Gasteiger partial charge in [-0.15, -0.1) is 34.2 Å². The van der Waals surface area contributed by atoms with Crippen LogP contribution in [0.25, 0.3) is 0 Å². The van der Waals surface area contributed by atoms with Crippen LogP contribution in [-0.4, -0.2) is 40.1 Å². The largest absolute Gasteiger partial charge is 0.357 e. The molecule has 0 radical (unpaired) electrons. The summed E-state index contributed by atoms with van der Waals surface area (Å²) >= 11 is 1.63. The second kappa shape index (κ2) is 13.8. The average Bonchev–Trinajstić information content (AvgIpc) is 3.05. The molecule has 0 saturated carbocycles. The summed E-state index contributed by atoms with van der Waals surface area (Å²) in [4.78, 5) is 4.48. The Kier molecular flexibility index (Phi) is 12.2. The molecule has 1 aromatic heterocycles. The van der Waals surface area contributed by atoms with Gasteiger partial charge in [-0.25, -0.2) is 9.38 Å². The highest BCUT2D eigenvalue weighted by molar-refractivity contribution is 14.0. The fourth-order valence-corrected chi connectivity index (χ4v) is 3.31. The maximum atomic E-state index is 13.8. The van der Waals surface area contributed by atoms with E-state index in [4.69, 9.17) is 0 Å². The lowest BCUT2D eigenvalue weighted by molar-refractivity contribution is 0.477. The van der Waals surface area contributed by atoms with Gasteiger partial charge in [0.25, 0.3) is 0 Å². The second-order valence-electron chi connectivity index (χ2n) is 6.92. The second-order valence-corrected chi connectivity index (χ2v) is 7.70. The number of hydrogen-bond acceptors (Lipinski definition) is 4. The van der Waals surface area contributed by atoms with Crippen LogP contribution in [0.2, 0.25) is 0 Å². The fraction of sp³-hybridized carbons (Fsp3) is 0.550. The van der Waals surface area contributed by atoms with E-state index < -0.39 is 0 Å². The molecule has 0 fully saturated rings. The zero-order valence-corrected chi connectivity index (χ0v) is 20.8. The molecule has 0 atom stereocenters. The first kappa shape index (κ1) is 25.7. The molecule has 0 bridgehead atoms. The normalized spacial score (nSPS) is 11.4. The number of guanidine groups is 1. The number of hydrogen-bond donors (Lipinski definition) is 2. The van der Waals surface area contributed by atoms with Gasteiger partial charge in [0.15, 0.2) is 11.1 Å². The van der Waals surface area contributed by atoms with Crippen molar-refractivity contribution in [1.82, 2.24) is 25.4 Å². The Morgan fingerprint density at radius 3 is 2.66 bits per heavy atom. The lowest BCUT2D eigenvalue weighted by Gasteiger charge is -2.13. The summed E-state index contributed by atoms with van der Waals surface area (Å²) in [6.07, 6.45) is 3.79. The molecule has 0 unspecified atom stereocenters. The van der Waals surface area contributed by atoms with Crippen molar-refractivity contribution < 1.29 is 4.39 Å². The molecule has 0 saturated heterocycles. The van der Waals surface area contributed by atoms with Crippen LogP contribution in [0.3, 0.4) is 0 Å². The molecule has 0 aliphatic heterocycles. The molecule has 6 nitrogen and oxygen atoms in total. The van der Waals surface area contributed by atoms with Gasteiger partial charge in [0, 0.05) is 31.6 Å². The molecular weight excluding hydrogens is 502 g/mol. The SMILES string of the molecule is CCNC(=NCc1ccccc1F)NCCCc1nnc(SC)n1CC(C)C.I. The van der Waals surface area contributed by atoms with Gasteiger partial charge in [0.05, 0.1) is 6.54 Å². The number of aromatic nitrogens is 3. The Labute approximate surface area is 194 Å². The van der Waals surface area contributed by atoms with Crippen LogP contribution in [0.4, 0.5) is 4.39 Å². The van der Waals surface area contributed by atoms with Crippen LogP contribution in [-0.2, 0) is 19.5 Å². The highest BCUT2D eigenvalue weighted by atomic mass is 127. The van der Waals surface area contributed by atoms with E-state index in [9.17, 15) is 4.39 Å². The summed E-state index contributed by atoms with van der Waals surface area (Å²) < 4.78 is 16.0. The first-order valence-electron chi connectivity index (χ1n) is 9.76. The number of aliphatic imine (C=N–C) groups is 1. The van der Waals surface area contributed by atoms with E-state index in [0.29, 0.717) is 24.0 Å². The third-order valence-electron chi connectivity index (χ3n) is 4.10. The molecule has 2 N–H and O–H groups in total. The highest BCUT2D eigenvalue weighted by Gasteiger charge is 2.12. The zero-order chi connectivity index (χ0) is 20.4. The predicted molar refractivity (Wildman–Crippen MR) is 130 cm³/mol. The molecule has 0 spiro atoms. The summed E-state index contributed by atoms with van der Waals surface area (Å²) in [6.45, 7) is 9.16. The Bertz CT molecular complexity index is 765. The maximum Gasteiger partial charge on any atom is 0.191 e. The molecule has 2 aromatic rings. The first-order chi connectivity index (χ1) is 13.5. The third kappa shape index (κ3) is 8.49. The van der Waals surface area contributed by atoms with Crippen molar-refractivity contribution >= 4 is 41.7 Å². The van der Waals surface area contributed by atoms with E-state index in [1.165, 1.54) is 6.07 Å². The van der Waals surface area contributed by atoms with Crippen molar-refractivity contribution in [3.05, 3.63) is 41.5 Å². The third-order valence-corrected chi connectivity index (χ3v) is 4.77. The summed E-state index contributed by atoms with van der Waals surface area (Å²) in [7, 11) is 0. The molecule has 29 heavy (non-hydrogen) atoms. The molecule has 9 heteroatoms. The van der Waals surface area contributed by atoms with Gasteiger partial charge < -0.3 is 15.2 Å². The van der Waals surface area contributed by atoms with Crippen LogP contribution < -0.4 is 10.6 Å². The minimum atomic E-state index is -0.226. The van der Waals surface area contributed by atoms with Crippen LogP contribution >= 0.6 is 35.7 Å². The summed E-state index contributed by atoms with van der Waals surface area (Å²) in [5.41, 5.74) is 0.589. The Hall–Kier alpha value is -1.36. The number of thioether (sulfide) groups is 1. The molecule has 2 rings (SSSR count). The molecule has 0 aliphatic rings. The van der Waals surface area contributed by atoms with Gasteiger partial charge in [-0.05, 0) is 31.6 Å². The summed E-state index contributed by atoms with van der Waals surface area (Å²) in [5, 5.41) is 16.1. The average molecular weight is 534 g/mol. The van der Waals surface area contributed by atoms with Crippen molar-refractivity contribution in [2.45, 2.75) is 51.9 Å². The highest BCUT2D eigenvalue weighted by Crippen LogP contribution is 2.16. The molecular formula is C20H32FIN6S. The topological polar surface area (TPSA) is 67.1 Å². The number of benzene rings is 1. The van der Waals surface area contributed by atoms with Crippen molar-refractivity contribution in [3.63, 3.8) is 0 Å². The van der Waals surface area contributed by atoms with Gasteiger partial charge in [0.1, 0.15) is 11.6 Å². The van der Waals surface area contributed by atoms with Gasteiger partial charge >= 0.3 is 0 Å². The van der Waals surface area contributed by atoms with E-state index in [1.807, 2.05) is 19.2 Å². The lowest BCUT2D eigenvalue weighted by atomic mass is 10.2. The summed E-state index contributed by atoms with van der Waals surface area (Å²) in [5.74, 6) is 2.04. The van der Waals surface area contributed by atoms with E-state index in [1.54, 1.807) is 23.9 Å². The molecule has 0 aliphatic carbocycles. The van der Waals surface area contributed by atoms with Gasteiger partial charge in [-0.1, -0.05) is 43.8 Å². The minimum absolute atomic E-state index is 0. The van der Waals surface area contributed by atoms with Crippen molar-refractivity contribution in [1.29, 1.82) is 0 Å². The number of halogens is 2. The summed E-state index contributed by atoms with van der Waals surface area (Å²) in [6, 6.07) is 6.73. The number of aryl methyl sites for hydroxylation is 1. The maximum absolute atomic E-state index is 13.8. The van der Waals surface area contributed by atoms with Crippen molar-refractivity contribution in [2.24, 2.45) is 10.9 Å². The molecule has 1 heterocycles. The Balaban J connectivity index is 0.00000420. The number of rotatable bonds is 10. The quantitative estimate of drug-likeness (QED) is 0.158. The Morgan fingerprint density at radius 2 is 2.00 bits per heavy atom. The Morgan fingerprint density at radius 1 is 1.24 bits per heavy atom. The molecule has 162 valence electrons. The van der Waals surface area contributed by atoms with Gasteiger partial charge in [-0.2, -0.15) is 0 Å². The van der Waals surface area contributed by atoms with E-state index in [-0.39, 0.29) is 29.8 Å². The minimum Gasteiger partial charge on any atom is -0.357 e. The molecule has 1 aromatic carbocycles. The van der Waals surface area contributed by atoms with Crippen molar-refractivity contribution in [3.8, 4) is 0 Å². The monoisotopic (exact) mass is 534 g/mol.